The van der Waals surface area contributed by atoms with Crippen LogP contribution in [0.3, 0.4) is 0 Å². The van der Waals surface area contributed by atoms with Crippen LogP contribution in [-0.2, 0) is 17.8 Å². The molecule has 26 heavy (non-hydrogen) atoms. The summed E-state index contributed by atoms with van der Waals surface area (Å²) in [6.07, 6.45) is -2.11. The number of amides is 1. The molecule has 2 atom stereocenters. The Morgan fingerprint density at radius 1 is 1.04 bits per heavy atom. The predicted octanol–water partition coefficient (Wildman–Crippen LogP) is 1.93. The summed E-state index contributed by atoms with van der Waals surface area (Å²) in [6.45, 7) is 0.315. The number of hydrogen-bond donors (Lipinski definition) is 4. The molecule has 140 valence electrons. The van der Waals surface area contributed by atoms with Crippen LogP contribution in [0.5, 0.6) is 0 Å². The molecule has 2 aromatic rings. The molecule has 4 N–H and O–H groups in total. The van der Waals surface area contributed by atoms with Crippen LogP contribution in [-0.4, -0.2) is 40.7 Å². The molecular formula is C20H25NO5. The fourth-order valence-corrected chi connectivity index (χ4v) is 2.63. The molecule has 6 nitrogen and oxygen atoms in total. The summed E-state index contributed by atoms with van der Waals surface area (Å²) in [5, 5.41) is 32.2. The zero-order chi connectivity index (χ0) is 18.8. The van der Waals surface area contributed by atoms with Crippen molar-refractivity contribution in [2.45, 2.75) is 31.7 Å². The molecule has 2 unspecified atom stereocenters. The van der Waals surface area contributed by atoms with Crippen molar-refractivity contribution in [2.24, 2.45) is 0 Å². The average molecular weight is 359 g/mol. The van der Waals surface area contributed by atoms with Crippen molar-refractivity contribution in [3.8, 4) is 0 Å². The van der Waals surface area contributed by atoms with Crippen molar-refractivity contribution >= 4 is 6.09 Å². The van der Waals surface area contributed by atoms with Crippen molar-refractivity contribution in [1.29, 1.82) is 0 Å². The van der Waals surface area contributed by atoms with Crippen LogP contribution in [0.25, 0.3) is 0 Å². The first-order valence-corrected chi connectivity index (χ1v) is 8.61. The molecule has 2 rings (SSSR count). The highest BCUT2D eigenvalue weighted by molar-refractivity contribution is 5.67. The minimum Gasteiger partial charge on any atom is -0.445 e. The van der Waals surface area contributed by atoms with Crippen molar-refractivity contribution in [2.75, 3.05) is 13.2 Å². The largest absolute Gasteiger partial charge is 0.445 e. The van der Waals surface area contributed by atoms with E-state index < -0.39 is 18.3 Å². The standard InChI is InChI=1S/C20H25NO5/c22-13-11-16-8-4-5-9-17(16)19(24)18(23)10-12-21-20(25)26-14-15-6-2-1-3-7-15/h1-9,18-19,22-24H,10-14H2,(H,21,25). The molecule has 0 fully saturated rings. The van der Waals surface area contributed by atoms with Crippen LogP contribution in [0.15, 0.2) is 54.6 Å². The van der Waals surface area contributed by atoms with E-state index in [0.717, 1.165) is 11.1 Å². The molecule has 0 aliphatic carbocycles. The molecule has 0 spiro atoms. The molecule has 0 saturated carbocycles. The van der Waals surface area contributed by atoms with Gasteiger partial charge in [-0.25, -0.2) is 4.79 Å². The highest BCUT2D eigenvalue weighted by Gasteiger charge is 2.20. The maximum atomic E-state index is 11.7. The molecule has 0 bridgehead atoms. The zero-order valence-corrected chi connectivity index (χ0v) is 14.5. The maximum Gasteiger partial charge on any atom is 0.407 e. The van der Waals surface area contributed by atoms with E-state index in [-0.39, 0.29) is 26.2 Å². The van der Waals surface area contributed by atoms with Gasteiger partial charge in [0, 0.05) is 13.2 Å². The molecule has 0 aliphatic heterocycles. The van der Waals surface area contributed by atoms with E-state index in [4.69, 9.17) is 9.84 Å². The van der Waals surface area contributed by atoms with Crippen LogP contribution < -0.4 is 5.32 Å². The summed E-state index contributed by atoms with van der Waals surface area (Å²) < 4.78 is 5.08. The first kappa shape index (κ1) is 19.9. The fourth-order valence-electron chi connectivity index (χ4n) is 2.63. The van der Waals surface area contributed by atoms with Gasteiger partial charge in [0.05, 0.1) is 6.10 Å². The van der Waals surface area contributed by atoms with Crippen molar-refractivity contribution < 1.29 is 24.9 Å². The van der Waals surface area contributed by atoms with E-state index in [9.17, 15) is 15.0 Å². The number of benzene rings is 2. The fraction of sp³-hybridized carbons (Fsp3) is 0.350. The SMILES string of the molecule is O=C(NCCC(O)C(O)c1ccccc1CCO)OCc1ccccc1. The summed E-state index contributed by atoms with van der Waals surface area (Å²) in [4.78, 5) is 11.7. The Bertz CT molecular complexity index is 677. The van der Waals surface area contributed by atoms with Gasteiger partial charge in [0.1, 0.15) is 12.7 Å². The van der Waals surface area contributed by atoms with Gasteiger partial charge in [-0.2, -0.15) is 0 Å². The highest BCUT2D eigenvalue weighted by atomic mass is 16.5. The molecule has 0 saturated heterocycles. The Morgan fingerprint density at radius 3 is 2.46 bits per heavy atom. The van der Waals surface area contributed by atoms with Gasteiger partial charge in [-0.3, -0.25) is 0 Å². The molecule has 0 radical (unpaired) electrons. The second-order valence-corrected chi connectivity index (χ2v) is 5.96. The Kier molecular flexibility index (Phi) is 8.08. The molecule has 0 heterocycles. The highest BCUT2D eigenvalue weighted by Crippen LogP contribution is 2.23. The maximum absolute atomic E-state index is 11.7. The molecule has 6 heteroatoms. The summed E-state index contributed by atoms with van der Waals surface area (Å²) in [6, 6.07) is 16.4. The first-order chi connectivity index (χ1) is 12.6. The van der Waals surface area contributed by atoms with Gasteiger partial charge in [-0.15, -0.1) is 0 Å². The lowest BCUT2D eigenvalue weighted by Crippen LogP contribution is -2.30. The van der Waals surface area contributed by atoms with Gasteiger partial charge in [-0.1, -0.05) is 54.6 Å². The monoisotopic (exact) mass is 359 g/mol. The third-order valence-electron chi connectivity index (χ3n) is 4.04. The summed E-state index contributed by atoms with van der Waals surface area (Å²) in [5.74, 6) is 0. The lowest BCUT2D eigenvalue weighted by Gasteiger charge is -2.21. The number of carbonyl (C=O) groups excluding carboxylic acids is 1. The lowest BCUT2D eigenvalue weighted by molar-refractivity contribution is 0.0130. The number of aliphatic hydroxyl groups excluding tert-OH is 3. The quantitative estimate of drug-likeness (QED) is 0.548. The topological polar surface area (TPSA) is 99.0 Å². The number of rotatable bonds is 9. The van der Waals surface area contributed by atoms with Crippen molar-refractivity contribution in [3.05, 3.63) is 71.3 Å². The average Bonchev–Trinajstić information content (AvgIpc) is 2.67. The van der Waals surface area contributed by atoms with E-state index in [1.54, 1.807) is 18.2 Å². The van der Waals surface area contributed by atoms with Gasteiger partial charge < -0.3 is 25.4 Å². The predicted molar refractivity (Wildman–Crippen MR) is 97.4 cm³/mol. The summed E-state index contributed by atoms with van der Waals surface area (Å²) in [5.41, 5.74) is 2.26. The van der Waals surface area contributed by atoms with Gasteiger partial charge in [0.15, 0.2) is 0 Å². The Balaban J connectivity index is 1.75. The second kappa shape index (κ2) is 10.6. The Labute approximate surface area is 153 Å². The van der Waals surface area contributed by atoms with Gasteiger partial charge in [0.2, 0.25) is 0 Å². The van der Waals surface area contributed by atoms with E-state index in [1.807, 2.05) is 36.4 Å². The number of nitrogens with one attached hydrogen (secondary N) is 1. The molecular weight excluding hydrogens is 334 g/mol. The van der Waals surface area contributed by atoms with Crippen molar-refractivity contribution in [3.63, 3.8) is 0 Å². The normalized spacial score (nSPS) is 13.0. The number of aliphatic hydroxyl groups is 3. The van der Waals surface area contributed by atoms with E-state index in [0.29, 0.717) is 12.0 Å². The lowest BCUT2D eigenvalue weighted by atomic mass is 9.95. The van der Waals surface area contributed by atoms with Crippen LogP contribution in [0.4, 0.5) is 4.79 Å². The zero-order valence-electron chi connectivity index (χ0n) is 14.5. The smallest absolute Gasteiger partial charge is 0.407 e. The van der Waals surface area contributed by atoms with Gasteiger partial charge in [0.25, 0.3) is 0 Å². The van der Waals surface area contributed by atoms with E-state index >= 15 is 0 Å². The Morgan fingerprint density at radius 2 is 1.73 bits per heavy atom. The third kappa shape index (κ3) is 6.15. The molecule has 1 amide bonds. The number of ether oxygens (including phenoxy) is 1. The summed E-state index contributed by atoms with van der Waals surface area (Å²) in [7, 11) is 0. The number of hydrogen-bond acceptors (Lipinski definition) is 5. The van der Waals surface area contributed by atoms with Gasteiger partial charge in [-0.05, 0) is 29.5 Å². The molecule has 0 aromatic heterocycles. The minimum absolute atomic E-state index is 0.0331. The van der Waals surface area contributed by atoms with E-state index in [2.05, 4.69) is 5.32 Å². The van der Waals surface area contributed by atoms with Gasteiger partial charge >= 0.3 is 6.09 Å². The van der Waals surface area contributed by atoms with Crippen LogP contribution in [0.1, 0.15) is 29.2 Å². The number of carbonyl (C=O) groups is 1. The second-order valence-electron chi connectivity index (χ2n) is 5.96. The van der Waals surface area contributed by atoms with Crippen LogP contribution >= 0.6 is 0 Å². The Hall–Kier alpha value is -2.41. The van der Waals surface area contributed by atoms with Crippen LogP contribution in [0.2, 0.25) is 0 Å². The summed E-state index contributed by atoms with van der Waals surface area (Å²) >= 11 is 0. The molecule has 0 aliphatic rings. The van der Waals surface area contributed by atoms with Crippen LogP contribution in [0, 0.1) is 0 Å². The molecule has 2 aromatic carbocycles. The number of alkyl carbamates (subject to hydrolysis) is 1. The minimum atomic E-state index is -1.08. The van der Waals surface area contributed by atoms with Crippen molar-refractivity contribution in [1.82, 2.24) is 5.32 Å². The van der Waals surface area contributed by atoms with E-state index in [1.165, 1.54) is 0 Å². The third-order valence-corrected chi connectivity index (χ3v) is 4.04. The first-order valence-electron chi connectivity index (χ1n) is 8.61.